The standard InChI is InChI=1S/C9H13N3O4S/c10-7-3-1-2-4-8(7)16-5-6-17(14,15)12-9(11)13/h1-4H,5-6,10H2,(H3,11,12,13). The fourth-order valence-corrected chi connectivity index (χ4v) is 1.79. The lowest BCUT2D eigenvalue weighted by Gasteiger charge is -2.08. The number of benzene rings is 1. The van der Waals surface area contributed by atoms with Crippen molar-refractivity contribution >= 4 is 21.7 Å². The van der Waals surface area contributed by atoms with E-state index in [1.165, 1.54) is 0 Å². The van der Waals surface area contributed by atoms with Crippen LogP contribution in [0.2, 0.25) is 0 Å². The Labute approximate surface area is 98.8 Å². The number of nitrogen functional groups attached to an aromatic ring is 1. The number of carbonyl (C=O) groups is 1. The van der Waals surface area contributed by atoms with Crippen molar-refractivity contribution in [3.8, 4) is 5.75 Å². The summed E-state index contributed by atoms with van der Waals surface area (Å²) in [6, 6.07) is 5.56. The predicted molar refractivity (Wildman–Crippen MR) is 62.9 cm³/mol. The lowest BCUT2D eigenvalue weighted by atomic mass is 10.3. The van der Waals surface area contributed by atoms with Crippen LogP contribution in [0.25, 0.3) is 0 Å². The van der Waals surface area contributed by atoms with Gasteiger partial charge in [-0.05, 0) is 12.1 Å². The monoisotopic (exact) mass is 259 g/mol. The molecule has 0 saturated carbocycles. The maximum atomic E-state index is 11.2. The molecule has 0 unspecified atom stereocenters. The van der Waals surface area contributed by atoms with Crippen LogP contribution < -0.4 is 20.9 Å². The van der Waals surface area contributed by atoms with Crippen LogP contribution in [-0.2, 0) is 10.0 Å². The van der Waals surface area contributed by atoms with Gasteiger partial charge in [0.1, 0.15) is 18.1 Å². The van der Waals surface area contributed by atoms with Gasteiger partial charge in [-0.15, -0.1) is 0 Å². The van der Waals surface area contributed by atoms with Crippen molar-refractivity contribution in [3.05, 3.63) is 24.3 Å². The van der Waals surface area contributed by atoms with Crippen LogP contribution in [0.1, 0.15) is 0 Å². The maximum absolute atomic E-state index is 11.2. The normalized spacial score (nSPS) is 10.8. The number of amides is 2. The Balaban J connectivity index is 2.48. The molecule has 0 radical (unpaired) electrons. The summed E-state index contributed by atoms with van der Waals surface area (Å²) in [5.41, 5.74) is 10.7. The first-order chi connectivity index (χ1) is 7.91. The number of anilines is 1. The van der Waals surface area contributed by atoms with Gasteiger partial charge in [0.15, 0.2) is 0 Å². The zero-order valence-electron chi connectivity index (χ0n) is 8.92. The number of nitrogens with two attached hydrogens (primary N) is 2. The van der Waals surface area contributed by atoms with Crippen molar-refractivity contribution in [2.75, 3.05) is 18.1 Å². The number of nitrogens with one attached hydrogen (secondary N) is 1. The van der Waals surface area contributed by atoms with Gasteiger partial charge in [-0.1, -0.05) is 12.1 Å². The number of hydrogen-bond acceptors (Lipinski definition) is 5. The molecule has 5 N–H and O–H groups in total. The first-order valence-electron chi connectivity index (χ1n) is 4.68. The summed E-state index contributed by atoms with van der Waals surface area (Å²) < 4.78 is 29.2. The summed E-state index contributed by atoms with van der Waals surface area (Å²) in [5.74, 6) is 0.00588. The first kappa shape index (κ1) is 13.1. The molecule has 0 aliphatic carbocycles. The summed E-state index contributed by atoms with van der Waals surface area (Å²) in [7, 11) is -3.75. The van der Waals surface area contributed by atoms with Crippen molar-refractivity contribution in [2.45, 2.75) is 0 Å². The second-order valence-corrected chi connectivity index (χ2v) is 5.01. The van der Waals surface area contributed by atoms with E-state index in [-0.39, 0.29) is 12.4 Å². The third-order valence-corrected chi connectivity index (χ3v) is 3.00. The second-order valence-electron chi connectivity index (χ2n) is 3.17. The van der Waals surface area contributed by atoms with E-state index in [0.29, 0.717) is 11.4 Å². The zero-order chi connectivity index (χ0) is 12.9. The van der Waals surface area contributed by atoms with E-state index >= 15 is 0 Å². The molecule has 2 amide bonds. The van der Waals surface area contributed by atoms with Crippen LogP contribution in [-0.4, -0.2) is 26.8 Å². The summed E-state index contributed by atoms with van der Waals surface area (Å²) in [5, 5.41) is 0. The second kappa shape index (κ2) is 5.39. The van der Waals surface area contributed by atoms with Gasteiger partial charge in [-0.2, -0.15) is 0 Å². The predicted octanol–water partition coefficient (Wildman–Crippen LogP) is -0.354. The van der Waals surface area contributed by atoms with E-state index < -0.39 is 16.1 Å². The molecular formula is C9H13N3O4S. The average Bonchev–Trinajstić information content (AvgIpc) is 2.18. The Hall–Kier alpha value is -1.96. The Kier molecular flexibility index (Phi) is 4.16. The molecular weight excluding hydrogens is 246 g/mol. The lowest BCUT2D eigenvalue weighted by molar-refractivity contribution is 0.253. The van der Waals surface area contributed by atoms with Crippen LogP contribution in [0.15, 0.2) is 24.3 Å². The quantitative estimate of drug-likeness (QED) is 0.623. The van der Waals surface area contributed by atoms with Crippen molar-refractivity contribution < 1.29 is 17.9 Å². The Morgan fingerprint density at radius 2 is 2.00 bits per heavy atom. The Bertz CT molecular complexity index is 501. The average molecular weight is 259 g/mol. The number of urea groups is 1. The van der Waals surface area contributed by atoms with Crippen molar-refractivity contribution in [3.63, 3.8) is 0 Å². The van der Waals surface area contributed by atoms with E-state index in [2.05, 4.69) is 0 Å². The Morgan fingerprint density at radius 1 is 1.35 bits per heavy atom. The molecule has 0 heterocycles. The smallest absolute Gasteiger partial charge is 0.325 e. The topological polar surface area (TPSA) is 125 Å². The minimum atomic E-state index is -3.75. The van der Waals surface area contributed by atoms with Crippen molar-refractivity contribution in [1.82, 2.24) is 4.72 Å². The van der Waals surface area contributed by atoms with E-state index in [9.17, 15) is 13.2 Å². The van der Waals surface area contributed by atoms with Gasteiger partial charge >= 0.3 is 6.03 Å². The van der Waals surface area contributed by atoms with Crippen LogP contribution in [0.5, 0.6) is 5.75 Å². The molecule has 0 aliphatic rings. The largest absolute Gasteiger partial charge is 0.490 e. The molecule has 1 aromatic carbocycles. The molecule has 0 bridgehead atoms. The molecule has 7 nitrogen and oxygen atoms in total. The summed E-state index contributed by atoms with van der Waals surface area (Å²) in [4.78, 5) is 10.4. The van der Waals surface area contributed by atoms with Gasteiger partial charge in [0.25, 0.3) is 0 Å². The number of para-hydroxylation sites is 2. The molecule has 94 valence electrons. The summed E-state index contributed by atoms with van der Waals surface area (Å²) >= 11 is 0. The fourth-order valence-electron chi connectivity index (χ4n) is 1.08. The highest BCUT2D eigenvalue weighted by Crippen LogP contribution is 2.19. The molecule has 1 aromatic rings. The van der Waals surface area contributed by atoms with Gasteiger partial charge in [0.2, 0.25) is 10.0 Å². The molecule has 0 atom stereocenters. The summed E-state index contributed by atoms with van der Waals surface area (Å²) in [6.45, 7) is -0.128. The molecule has 0 fully saturated rings. The van der Waals surface area contributed by atoms with Gasteiger partial charge < -0.3 is 16.2 Å². The molecule has 0 spiro atoms. The number of sulfonamides is 1. The molecule has 17 heavy (non-hydrogen) atoms. The SMILES string of the molecule is NC(=O)NS(=O)(=O)CCOc1ccccc1N. The fraction of sp³-hybridized carbons (Fsp3) is 0.222. The highest BCUT2D eigenvalue weighted by atomic mass is 32.2. The van der Waals surface area contributed by atoms with Gasteiger partial charge in [-0.25, -0.2) is 17.9 Å². The van der Waals surface area contributed by atoms with E-state index in [1.54, 1.807) is 29.0 Å². The number of carbonyl (C=O) groups excluding carboxylic acids is 1. The van der Waals surface area contributed by atoms with Crippen LogP contribution in [0.3, 0.4) is 0 Å². The minimum Gasteiger partial charge on any atom is -0.490 e. The lowest BCUT2D eigenvalue weighted by Crippen LogP contribution is -2.37. The minimum absolute atomic E-state index is 0.128. The molecule has 0 saturated heterocycles. The number of rotatable bonds is 5. The highest BCUT2D eigenvalue weighted by Gasteiger charge is 2.12. The van der Waals surface area contributed by atoms with E-state index in [0.717, 1.165) is 0 Å². The zero-order valence-corrected chi connectivity index (χ0v) is 9.74. The molecule has 0 aliphatic heterocycles. The highest BCUT2D eigenvalue weighted by molar-refractivity contribution is 7.90. The number of primary amides is 1. The summed E-state index contributed by atoms with van der Waals surface area (Å²) in [6.07, 6.45) is 0. The van der Waals surface area contributed by atoms with Crippen molar-refractivity contribution in [2.24, 2.45) is 5.73 Å². The van der Waals surface area contributed by atoms with Crippen LogP contribution >= 0.6 is 0 Å². The van der Waals surface area contributed by atoms with Gasteiger partial charge in [0.05, 0.1) is 5.69 Å². The molecule has 0 aromatic heterocycles. The molecule has 1 rings (SSSR count). The number of ether oxygens (including phenoxy) is 1. The van der Waals surface area contributed by atoms with E-state index in [4.69, 9.17) is 16.2 Å². The van der Waals surface area contributed by atoms with Crippen molar-refractivity contribution in [1.29, 1.82) is 0 Å². The third-order valence-electron chi connectivity index (χ3n) is 1.78. The van der Waals surface area contributed by atoms with E-state index in [1.807, 2.05) is 0 Å². The van der Waals surface area contributed by atoms with Crippen LogP contribution in [0, 0.1) is 0 Å². The number of hydrogen-bond donors (Lipinski definition) is 3. The maximum Gasteiger partial charge on any atom is 0.325 e. The van der Waals surface area contributed by atoms with Gasteiger partial charge in [0, 0.05) is 0 Å². The third kappa shape index (κ3) is 4.60. The van der Waals surface area contributed by atoms with Crippen LogP contribution in [0.4, 0.5) is 10.5 Å². The molecule has 8 heteroatoms. The van der Waals surface area contributed by atoms with Gasteiger partial charge in [-0.3, -0.25) is 0 Å². The Morgan fingerprint density at radius 3 is 2.59 bits per heavy atom. The first-order valence-corrected chi connectivity index (χ1v) is 6.33.